The van der Waals surface area contributed by atoms with E-state index in [1.54, 1.807) is 0 Å². The Morgan fingerprint density at radius 1 is 1.33 bits per heavy atom. The number of hydrogen-bond acceptors (Lipinski definition) is 3. The molecule has 0 atom stereocenters. The lowest BCUT2D eigenvalue weighted by Crippen LogP contribution is -2.15. The van der Waals surface area contributed by atoms with E-state index in [9.17, 15) is 4.79 Å². The van der Waals surface area contributed by atoms with Crippen LogP contribution >= 0.6 is 23.2 Å². The molecule has 0 heterocycles. The van der Waals surface area contributed by atoms with Gasteiger partial charge in [-0.05, 0) is 32.6 Å². The maximum atomic E-state index is 10.8. The molecule has 1 aromatic carbocycles. The highest BCUT2D eigenvalue weighted by atomic mass is 35.5. The molecule has 6 heteroatoms. The summed E-state index contributed by atoms with van der Waals surface area (Å²) in [5, 5.41) is 9.26. The van der Waals surface area contributed by atoms with Gasteiger partial charge in [-0.3, -0.25) is 0 Å². The van der Waals surface area contributed by atoms with Crippen LogP contribution in [0.5, 0.6) is 5.75 Å². The molecule has 1 aromatic rings. The predicted octanol–water partition coefficient (Wildman–Crippen LogP) is 3.02. The van der Waals surface area contributed by atoms with E-state index in [1.165, 1.54) is 12.1 Å². The summed E-state index contributed by atoms with van der Waals surface area (Å²) in [5.74, 6) is -0.736. The quantitative estimate of drug-likeness (QED) is 0.819. The highest BCUT2D eigenvalue weighted by Crippen LogP contribution is 2.34. The number of carboxylic acids is 1. The molecule has 100 valence electrons. The minimum atomic E-state index is -1.07. The van der Waals surface area contributed by atoms with Gasteiger partial charge in [0.15, 0.2) is 5.75 Å². The Labute approximate surface area is 116 Å². The molecular weight excluding hydrogens is 277 g/mol. The van der Waals surface area contributed by atoms with Crippen molar-refractivity contribution in [1.82, 2.24) is 4.90 Å². The van der Waals surface area contributed by atoms with Gasteiger partial charge in [0.25, 0.3) is 0 Å². The van der Waals surface area contributed by atoms with E-state index < -0.39 is 5.97 Å². The third kappa shape index (κ3) is 4.37. The van der Waals surface area contributed by atoms with Gasteiger partial charge in [-0.2, -0.15) is 0 Å². The van der Waals surface area contributed by atoms with Gasteiger partial charge in [0.1, 0.15) is 0 Å². The average molecular weight is 292 g/mol. The molecule has 1 rings (SSSR count). The van der Waals surface area contributed by atoms with Crippen molar-refractivity contribution in [3.8, 4) is 5.75 Å². The third-order valence-corrected chi connectivity index (χ3v) is 2.80. The molecule has 18 heavy (non-hydrogen) atoms. The minimum absolute atomic E-state index is 0.0469. The molecular formula is C12H15Cl2NO3. The molecule has 0 bridgehead atoms. The van der Waals surface area contributed by atoms with Crippen LogP contribution in [0.25, 0.3) is 0 Å². The zero-order valence-corrected chi connectivity index (χ0v) is 11.8. The van der Waals surface area contributed by atoms with Gasteiger partial charge < -0.3 is 14.7 Å². The zero-order valence-electron chi connectivity index (χ0n) is 10.2. The standard InChI is InChI=1S/C12H15Cl2NO3/c1-15(2)4-3-5-18-11-9(13)6-8(12(16)17)7-10(11)14/h6-7H,3-5H2,1-2H3,(H,16,17). The van der Waals surface area contributed by atoms with Gasteiger partial charge in [0.05, 0.1) is 22.2 Å². The summed E-state index contributed by atoms with van der Waals surface area (Å²) >= 11 is 11.9. The number of ether oxygens (including phenoxy) is 1. The summed E-state index contributed by atoms with van der Waals surface area (Å²) in [5.41, 5.74) is 0.0469. The van der Waals surface area contributed by atoms with Gasteiger partial charge >= 0.3 is 5.97 Å². The first-order chi connectivity index (χ1) is 8.41. The molecule has 0 fully saturated rings. The molecule has 0 aliphatic heterocycles. The van der Waals surface area contributed by atoms with Crippen LogP contribution in [-0.2, 0) is 0 Å². The monoisotopic (exact) mass is 291 g/mol. The molecule has 0 unspecified atom stereocenters. The molecule has 1 N–H and O–H groups in total. The van der Waals surface area contributed by atoms with E-state index in [0.29, 0.717) is 12.4 Å². The molecule has 0 saturated carbocycles. The fraction of sp³-hybridized carbons (Fsp3) is 0.417. The van der Waals surface area contributed by atoms with Crippen LogP contribution in [0.3, 0.4) is 0 Å². The number of rotatable bonds is 6. The summed E-state index contributed by atoms with van der Waals surface area (Å²) in [7, 11) is 3.95. The minimum Gasteiger partial charge on any atom is -0.490 e. The summed E-state index contributed by atoms with van der Waals surface area (Å²) in [4.78, 5) is 12.8. The SMILES string of the molecule is CN(C)CCCOc1c(Cl)cc(C(=O)O)cc1Cl. The van der Waals surface area contributed by atoms with Crippen LogP contribution in [-0.4, -0.2) is 43.2 Å². The van der Waals surface area contributed by atoms with Crippen LogP contribution < -0.4 is 4.74 Å². The lowest BCUT2D eigenvalue weighted by molar-refractivity contribution is 0.0697. The Kier molecular flexibility index (Phi) is 5.72. The zero-order chi connectivity index (χ0) is 13.7. The lowest BCUT2D eigenvalue weighted by Gasteiger charge is -2.12. The Morgan fingerprint density at radius 2 is 1.89 bits per heavy atom. The van der Waals surface area contributed by atoms with Crippen molar-refractivity contribution in [2.75, 3.05) is 27.2 Å². The summed E-state index contributed by atoms with van der Waals surface area (Å²) in [6.45, 7) is 1.37. The van der Waals surface area contributed by atoms with E-state index in [1.807, 2.05) is 19.0 Å². The molecule has 0 aromatic heterocycles. The fourth-order valence-corrected chi connectivity index (χ4v) is 1.97. The third-order valence-electron chi connectivity index (χ3n) is 2.24. The summed E-state index contributed by atoms with van der Waals surface area (Å²) in [6.07, 6.45) is 0.834. The largest absolute Gasteiger partial charge is 0.490 e. The molecule has 0 spiro atoms. The number of aromatic carboxylic acids is 1. The summed E-state index contributed by atoms with van der Waals surface area (Å²) < 4.78 is 5.47. The normalized spacial score (nSPS) is 10.7. The molecule has 0 aliphatic carbocycles. The first-order valence-electron chi connectivity index (χ1n) is 5.41. The number of carboxylic acid groups (broad SMARTS) is 1. The van der Waals surface area contributed by atoms with Crippen LogP contribution in [0.15, 0.2) is 12.1 Å². The van der Waals surface area contributed by atoms with Crippen molar-refractivity contribution in [2.45, 2.75) is 6.42 Å². The second kappa shape index (κ2) is 6.83. The van der Waals surface area contributed by atoms with Crippen molar-refractivity contribution >= 4 is 29.2 Å². The van der Waals surface area contributed by atoms with E-state index >= 15 is 0 Å². The maximum Gasteiger partial charge on any atom is 0.335 e. The smallest absolute Gasteiger partial charge is 0.335 e. The number of hydrogen-bond donors (Lipinski definition) is 1. The van der Waals surface area contributed by atoms with Crippen LogP contribution in [0.1, 0.15) is 16.8 Å². The van der Waals surface area contributed by atoms with E-state index in [4.69, 9.17) is 33.0 Å². The number of nitrogens with zero attached hydrogens (tertiary/aromatic N) is 1. The van der Waals surface area contributed by atoms with Crippen LogP contribution in [0.2, 0.25) is 10.0 Å². The van der Waals surface area contributed by atoms with E-state index in [0.717, 1.165) is 13.0 Å². The Balaban J connectivity index is 2.69. The van der Waals surface area contributed by atoms with Gasteiger partial charge in [-0.1, -0.05) is 23.2 Å². The van der Waals surface area contributed by atoms with Gasteiger partial charge in [-0.25, -0.2) is 4.79 Å². The first kappa shape index (κ1) is 15.1. The van der Waals surface area contributed by atoms with Crippen molar-refractivity contribution < 1.29 is 14.6 Å². The summed E-state index contributed by atoms with van der Waals surface area (Å²) in [6, 6.07) is 2.66. The van der Waals surface area contributed by atoms with Crippen LogP contribution in [0, 0.1) is 0 Å². The molecule has 0 radical (unpaired) electrons. The van der Waals surface area contributed by atoms with Gasteiger partial charge in [0, 0.05) is 6.54 Å². The second-order valence-electron chi connectivity index (χ2n) is 4.08. The van der Waals surface area contributed by atoms with Crippen molar-refractivity contribution in [1.29, 1.82) is 0 Å². The predicted molar refractivity (Wildman–Crippen MR) is 72.1 cm³/mol. The van der Waals surface area contributed by atoms with Crippen molar-refractivity contribution in [3.05, 3.63) is 27.7 Å². The van der Waals surface area contributed by atoms with Gasteiger partial charge in [0.2, 0.25) is 0 Å². The number of halogens is 2. The highest BCUT2D eigenvalue weighted by molar-refractivity contribution is 6.37. The Bertz CT molecular complexity index is 412. The maximum absolute atomic E-state index is 10.8. The lowest BCUT2D eigenvalue weighted by atomic mass is 10.2. The highest BCUT2D eigenvalue weighted by Gasteiger charge is 2.13. The van der Waals surface area contributed by atoms with Crippen molar-refractivity contribution in [2.24, 2.45) is 0 Å². The molecule has 0 amide bonds. The Hall–Kier alpha value is -0.970. The Morgan fingerprint density at radius 3 is 2.33 bits per heavy atom. The number of benzene rings is 1. The van der Waals surface area contributed by atoms with E-state index in [2.05, 4.69) is 0 Å². The second-order valence-corrected chi connectivity index (χ2v) is 4.89. The molecule has 0 aliphatic rings. The van der Waals surface area contributed by atoms with Crippen LogP contribution in [0.4, 0.5) is 0 Å². The topological polar surface area (TPSA) is 49.8 Å². The average Bonchev–Trinajstić information content (AvgIpc) is 2.26. The van der Waals surface area contributed by atoms with E-state index in [-0.39, 0.29) is 15.6 Å². The fourth-order valence-electron chi connectivity index (χ4n) is 1.38. The van der Waals surface area contributed by atoms with Gasteiger partial charge in [-0.15, -0.1) is 0 Å². The first-order valence-corrected chi connectivity index (χ1v) is 6.17. The molecule has 4 nitrogen and oxygen atoms in total. The number of carbonyl (C=O) groups is 1. The molecule has 0 saturated heterocycles. The van der Waals surface area contributed by atoms with Crippen molar-refractivity contribution in [3.63, 3.8) is 0 Å².